The largest absolute Gasteiger partial charge is 0.319 e. The number of thiophene rings is 1. The van der Waals surface area contributed by atoms with E-state index in [1.807, 2.05) is 47.3 Å². The minimum absolute atomic E-state index is 0.0747. The number of amides is 1. The average Bonchev–Trinajstić information content (AvgIpc) is 3.40. The second kappa shape index (κ2) is 7.98. The topological polar surface area (TPSA) is 64.2 Å². The van der Waals surface area contributed by atoms with Gasteiger partial charge in [-0.15, -0.1) is 11.3 Å². The molecule has 144 valence electrons. The fourth-order valence-electron chi connectivity index (χ4n) is 3.25. The van der Waals surface area contributed by atoms with Gasteiger partial charge in [0.2, 0.25) is 0 Å². The Morgan fingerprint density at radius 1 is 1.25 bits per heavy atom. The Balaban J connectivity index is 1.45. The average molecular weight is 394 g/mol. The molecule has 4 aromatic heterocycles. The van der Waals surface area contributed by atoms with Crippen molar-refractivity contribution in [2.24, 2.45) is 0 Å². The maximum Gasteiger partial charge on any atom is 0.265 e. The van der Waals surface area contributed by atoms with Crippen molar-refractivity contribution in [3.63, 3.8) is 0 Å². The van der Waals surface area contributed by atoms with Gasteiger partial charge in [0, 0.05) is 23.5 Å². The van der Waals surface area contributed by atoms with Crippen LogP contribution in [0.2, 0.25) is 0 Å². The first kappa shape index (κ1) is 18.4. The van der Waals surface area contributed by atoms with Crippen molar-refractivity contribution in [1.82, 2.24) is 19.2 Å². The lowest BCUT2D eigenvalue weighted by Gasteiger charge is -1.99. The fourth-order valence-corrected chi connectivity index (χ4v) is 4.50. The van der Waals surface area contributed by atoms with Crippen LogP contribution in [0.1, 0.15) is 46.1 Å². The van der Waals surface area contributed by atoms with E-state index in [0.29, 0.717) is 12.2 Å². The Hall–Kier alpha value is -2.93. The van der Waals surface area contributed by atoms with Crippen LogP contribution >= 0.6 is 11.3 Å². The van der Waals surface area contributed by atoms with E-state index in [-0.39, 0.29) is 5.91 Å². The molecule has 1 N–H and O–H groups in total. The summed E-state index contributed by atoms with van der Waals surface area (Å²) < 4.78 is 3.77. The van der Waals surface area contributed by atoms with E-state index in [0.717, 1.165) is 35.5 Å². The molecule has 0 aliphatic rings. The van der Waals surface area contributed by atoms with Gasteiger partial charge in [-0.1, -0.05) is 26.3 Å². The molecule has 0 atom stereocenters. The molecule has 0 radical (unpaired) electrons. The summed E-state index contributed by atoms with van der Waals surface area (Å²) in [7, 11) is 0. The van der Waals surface area contributed by atoms with Crippen LogP contribution in [0.4, 0.5) is 5.69 Å². The first-order valence-electron chi connectivity index (χ1n) is 9.54. The third kappa shape index (κ3) is 3.84. The van der Waals surface area contributed by atoms with E-state index in [1.165, 1.54) is 10.4 Å². The standard InChI is InChI=1S/C21H23N5OS/c1-3-7-18-15(4-2)10-19(28-18)21(27)24-16-11-22-26(13-16)14-17-12-25-9-6-5-8-20(25)23-17/h5-6,8-13H,3-4,7,14H2,1-2H3,(H,24,27). The lowest BCUT2D eigenvalue weighted by molar-refractivity contribution is 0.103. The van der Waals surface area contributed by atoms with Gasteiger partial charge < -0.3 is 9.72 Å². The highest BCUT2D eigenvalue weighted by molar-refractivity contribution is 7.14. The predicted molar refractivity (Wildman–Crippen MR) is 112 cm³/mol. The molecule has 7 heteroatoms. The summed E-state index contributed by atoms with van der Waals surface area (Å²) in [6, 6.07) is 7.93. The van der Waals surface area contributed by atoms with E-state index >= 15 is 0 Å². The molecule has 4 heterocycles. The molecule has 4 aromatic rings. The van der Waals surface area contributed by atoms with Crippen molar-refractivity contribution in [1.29, 1.82) is 0 Å². The summed E-state index contributed by atoms with van der Waals surface area (Å²) in [4.78, 5) is 19.3. The number of carbonyl (C=O) groups is 1. The number of rotatable bonds is 7. The Morgan fingerprint density at radius 2 is 2.14 bits per heavy atom. The van der Waals surface area contributed by atoms with Crippen LogP contribution in [0.15, 0.2) is 49.1 Å². The van der Waals surface area contributed by atoms with Gasteiger partial charge >= 0.3 is 0 Å². The maximum atomic E-state index is 12.6. The van der Waals surface area contributed by atoms with Gasteiger partial charge in [0.05, 0.1) is 29.0 Å². The van der Waals surface area contributed by atoms with Gasteiger partial charge in [0.1, 0.15) is 5.65 Å². The first-order valence-corrected chi connectivity index (χ1v) is 10.4. The van der Waals surface area contributed by atoms with Crippen LogP contribution in [0, 0.1) is 0 Å². The van der Waals surface area contributed by atoms with Crippen LogP contribution < -0.4 is 5.32 Å². The number of aromatic nitrogens is 4. The zero-order valence-corrected chi connectivity index (χ0v) is 16.9. The number of nitrogens with one attached hydrogen (secondary N) is 1. The second-order valence-corrected chi connectivity index (χ2v) is 7.88. The molecule has 0 aliphatic carbocycles. The van der Waals surface area contributed by atoms with E-state index < -0.39 is 0 Å². The summed E-state index contributed by atoms with van der Waals surface area (Å²) >= 11 is 1.60. The van der Waals surface area contributed by atoms with Gasteiger partial charge in [0.25, 0.3) is 5.91 Å². The van der Waals surface area contributed by atoms with Crippen LogP contribution in [0.25, 0.3) is 5.65 Å². The number of anilines is 1. The first-order chi connectivity index (χ1) is 13.7. The highest BCUT2D eigenvalue weighted by Gasteiger charge is 2.14. The molecule has 4 rings (SSSR count). The lowest BCUT2D eigenvalue weighted by Crippen LogP contribution is -2.09. The number of pyridine rings is 1. The van der Waals surface area contributed by atoms with Crippen molar-refractivity contribution in [3.05, 3.63) is 70.1 Å². The van der Waals surface area contributed by atoms with E-state index in [2.05, 4.69) is 29.2 Å². The van der Waals surface area contributed by atoms with Crippen LogP contribution in [0.3, 0.4) is 0 Å². The third-order valence-corrected chi connectivity index (χ3v) is 5.84. The van der Waals surface area contributed by atoms with Gasteiger partial charge in [0.15, 0.2) is 0 Å². The molecule has 6 nitrogen and oxygen atoms in total. The highest BCUT2D eigenvalue weighted by Crippen LogP contribution is 2.25. The quantitative estimate of drug-likeness (QED) is 0.506. The fraction of sp³-hybridized carbons (Fsp3) is 0.286. The van der Waals surface area contributed by atoms with Gasteiger partial charge in [-0.2, -0.15) is 5.10 Å². The minimum atomic E-state index is -0.0747. The molecule has 1 amide bonds. The second-order valence-electron chi connectivity index (χ2n) is 6.74. The zero-order valence-electron chi connectivity index (χ0n) is 16.1. The number of aryl methyl sites for hydroxylation is 2. The number of nitrogens with zero attached hydrogens (tertiary/aromatic N) is 4. The molecule has 0 aromatic carbocycles. The smallest absolute Gasteiger partial charge is 0.265 e. The molecular formula is C21H23N5OS. The van der Waals surface area contributed by atoms with Crippen LogP contribution in [0.5, 0.6) is 0 Å². The monoisotopic (exact) mass is 393 g/mol. The Morgan fingerprint density at radius 3 is 2.93 bits per heavy atom. The van der Waals surface area contributed by atoms with E-state index in [1.54, 1.807) is 22.2 Å². The van der Waals surface area contributed by atoms with Crippen molar-refractivity contribution in [2.45, 2.75) is 39.7 Å². The summed E-state index contributed by atoms with van der Waals surface area (Å²) in [5.41, 5.74) is 3.80. The number of hydrogen-bond acceptors (Lipinski definition) is 4. The molecule has 0 bridgehead atoms. The summed E-state index contributed by atoms with van der Waals surface area (Å²) in [5, 5.41) is 7.31. The molecule has 0 unspecified atom stereocenters. The molecule has 0 spiro atoms. The number of hydrogen-bond donors (Lipinski definition) is 1. The molecule has 0 aliphatic heterocycles. The minimum Gasteiger partial charge on any atom is -0.319 e. The number of imidazole rings is 1. The Kier molecular flexibility index (Phi) is 5.25. The molecule has 0 fully saturated rings. The number of carbonyl (C=O) groups excluding carboxylic acids is 1. The summed E-state index contributed by atoms with van der Waals surface area (Å²) in [6.45, 7) is 4.85. The molecule has 0 saturated carbocycles. The molecule has 0 saturated heterocycles. The maximum absolute atomic E-state index is 12.6. The molecular weight excluding hydrogens is 370 g/mol. The van der Waals surface area contributed by atoms with Crippen LogP contribution in [-0.4, -0.2) is 25.1 Å². The SMILES string of the molecule is CCCc1sc(C(=O)Nc2cnn(Cc3cn4ccccc4n3)c2)cc1CC. The summed E-state index contributed by atoms with van der Waals surface area (Å²) in [6.07, 6.45) is 10.5. The van der Waals surface area contributed by atoms with Gasteiger partial charge in [-0.3, -0.25) is 9.48 Å². The number of fused-ring (bicyclic) bond motifs is 1. The zero-order chi connectivity index (χ0) is 19.5. The summed E-state index contributed by atoms with van der Waals surface area (Å²) in [5.74, 6) is -0.0747. The highest BCUT2D eigenvalue weighted by atomic mass is 32.1. The Labute approximate surface area is 167 Å². The third-order valence-electron chi connectivity index (χ3n) is 4.61. The van der Waals surface area contributed by atoms with E-state index in [4.69, 9.17) is 0 Å². The van der Waals surface area contributed by atoms with Gasteiger partial charge in [-0.05, 0) is 36.6 Å². The lowest BCUT2D eigenvalue weighted by atomic mass is 10.1. The normalized spacial score (nSPS) is 11.2. The molecule has 28 heavy (non-hydrogen) atoms. The van der Waals surface area contributed by atoms with Crippen LogP contribution in [-0.2, 0) is 19.4 Å². The predicted octanol–water partition coefficient (Wildman–Crippen LogP) is 4.41. The van der Waals surface area contributed by atoms with Crippen molar-refractivity contribution in [2.75, 3.05) is 5.32 Å². The van der Waals surface area contributed by atoms with E-state index in [9.17, 15) is 4.79 Å². The van der Waals surface area contributed by atoms with Gasteiger partial charge in [-0.25, -0.2) is 4.98 Å². The Bertz CT molecular complexity index is 1070. The van der Waals surface area contributed by atoms with Crippen molar-refractivity contribution < 1.29 is 4.79 Å². The van der Waals surface area contributed by atoms with Crippen molar-refractivity contribution in [3.8, 4) is 0 Å². The van der Waals surface area contributed by atoms with Crippen molar-refractivity contribution >= 4 is 28.6 Å².